The minimum atomic E-state index is -0.557. The van der Waals surface area contributed by atoms with Gasteiger partial charge in [0.25, 0.3) is 0 Å². The number of nitro groups is 1. The average molecular weight is 429 g/mol. The highest BCUT2D eigenvalue weighted by atomic mass is 79.9. The normalized spacial score (nSPS) is 10.7. The van der Waals surface area contributed by atoms with Gasteiger partial charge in [-0.2, -0.15) is 4.98 Å². The van der Waals surface area contributed by atoms with Crippen molar-refractivity contribution in [3.05, 3.63) is 75.0 Å². The maximum Gasteiger partial charge on any atom is 0.373 e. The Labute approximate surface area is 164 Å². The van der Waals surface area contributed by atoms with Crippen molar-refractivity contribution in [3.63, 3.8) is 0 Å². The molecule has 0 fully saturated rings. The lowest BCUT2D eigenvalue weighted by Crippen LogP contribution is -2.03. The smallest absolute Gasteiger partial charge is 0.373 e. The first-order valence-corrected chi connectivity index (χ1v) is 9.03. The van der Waals surface area contributed by atoms with Crippen LogP contribution in [0.5, 0.6) is 11.6 Å². The Morgan fingerprint density at radius 3 is 2.52 bits per heavy atom. The minimum Gasteiger partial charge on any atom is -0.434 e. The van der Waals surface area contributed by atoms with Gasteiger partial charge in [-0.3, -0.25) is 10.1 Å². The van der Waals surface area contributed by atoms with E-state index in [0.717, 1.165) is 10.0 Å². The van der Waals surface area contributed by atoms with E-state index in [0.29, 0.717) is 17.4 Å². The van der Waals surface area contributed by atoms with Gasteiger partial charge in [0, 0.05) is 10.2 Å². The molecule has 1 heterocycles. The number of benzene rings is 2. The lowest BCUT2D eigenvalue weighted by atomic mass is 10.0. The first-order valence-electron chi connectivity index (χ1n) is 8.24. The molecule has 7 nitrogen and oxygen atoms in total. The Morgan fingerprint density at radius 1 is 1.15 bits per heavy atom. The monoisotopic (exact) mass is 428 g/mol. The summed E-state index contributed by atoms with van der Waals surface area (Å²) >= 11 is 3.37. The summed E-state index contributed by atoms with van der Waals surface area (Å²) in [6.07, 6.45) is 1.23. The fourth-order valence-corrected chi connectivity index (χ4v) is 2.83. The van der Waals surface area contributed by atoms with E-state index in [4.69, 9.17) is 4.74 Å². The van der Waals surface area contributed by atoms with E-state index in [1.807, 2.05) is 24.3 Å². The van der Waals surface area contributed by atoms with Crippen LogP contribution in [-0.2, 0) is 0 Å². The second-order valence-corrected chi connectivity index (χ2v) is 7.01. The number of anilines is 2. The SMILES string of the molecule is CC(C)c1ccc(Oc2ncnc(Nc3cccc(Br)c3)c2[N+](=O)[O-])cc1. The van der Waals surface area contributed by atoms with Gasteiger partial charge in [0.2, 0.25) is 5.82 Å². The van der Waals surface area contributed by atoms with Crippen molar-refractivity contribution in [2.75, 3.05) is 5.32 Å². The molecule has 3 rings (SSSR count). The van der Waals surface area contributed by atoms with Crippen LogP contribution in [0.3, 0.4) is 0 Å². The number of hydrogen-bond donors (Lipinski definition) is 1. The molecule has 0 saturated carbocycles. The standard InChI is InChI=1S/C19H17BrN4O3/c1-12(2)13-6-8-16(9-7-13)27-19-17(24(25)26)18(21-11-22-19)23-15-5-3-4-14(20)10-15/h3-12H,1-2H3,(H,21,22,23). The Hall–Kier alpha value is -3.00. The highest BCUT2D eigenvalue weighted by Crippen LogP contribution is 2.36. The van der Waals surface area contributed by atoms with E-state index in [2.05, 4.69) is 45.1 Å². The molecule has 0 unspecified atom stereocenters. The second-order valence-electron chi connectivity index (χ2n) is 6.09. The summed E-state index contributed by atoms with van der Waals surface area (Å²) < 4.78 is 6.50. The number of ether oxygens (including phenoxy) is 1. The van der Waals surface area contributed by atoms with Gasteiger partial charge in [-0.05, 0) is 41.8 Å². The van der Waals surface area contributed by atoms with Gasteiger partial charge in [-0.15, -0.1) is 0 Å². The summed E-state index contributed by atoms with van der Waals surface area (Å²) in [5, 5.41) is 14.6. The quantitative estimate of drug-likeness (QED) is 0.393. The third kappa shape index (κ3) is 4.59. The maximum absolute atomic E-state index is 11.6. The molecule has 1 aromatic heterocycles. The predicted octanol–water partition coefficient (Wildman–Crippen LogP) is 5.81. The van der Waals surface area contributed by atoms with Gasteiger partial charge in [-0.25, -0.2) is 4.98 Å². The fourth-order valence-electron chi connectivity index (χ4n) is 2.43. The first-order chi connectivity index (χ1) is 12.9. The summed E-state index contributed by atoms with van der Waals surface area (Å²) in [7, 11) is 0. The van der Waals surface area contributed by atoms with Gasteiger partial charge in [-0.1, -0.05) is 48.0 Å². The maximum atomic E-state index is 11.6. The van der Waals surface area contributed by atoms with E-state index >= 15 is 0 Å². The molecule has 27 heavy (non-hydrogen) atoms. The molecule has 0 atom stereocenters. The molecule has 0 spiro atoms. The zero-order valence-electron chi connectivity index (χ0n) is 14.7. The van der Waals surface area contributed by atoms with Crippen LogP contribution < -0.4 is 10.1 Å². The van der Waals surface area contributed by atoms with Crippen LogP contribution in [0.4, 0.5) is 17.2 Å². The van der Waals surface area contributed by atoms with Crippen molar-refractivity contribution in [3.8, 4) is 11.6 Å². The lowest BCUT2D eigenvalue weighted by molar-refractivity contribution is -0.385. The van der Waals surface area contributed by atoms with E-state index in [9.17, 15) is 10.1 Å². The summed E-state index contributed by atoms with van der Waals surface area (Å²) in [5.74, 6) is 0.787. The Morgan fingerprint density at radius 2 is 1.89 bits per heavy atom. The molecule has 8 heteroatoms. The van der Waals surface area contributed by atoms with E-state index in [-0.39, 0.29) is 17.4 Å². The van der Waals surface area contributed by atoms with Crippen molar-refractivity contribution >= 4 is 33.1 Å². The van der Waals surface area contributed by atoms with E-state index < -0.39 is 4.92 Å². The van der Waals surface area contributed by atoms with Crippen LogP contribution in [0.2, 0.25) is 0 Å². The molecule has 0 aliphatic carbocycles. The van der Waals surface area contributed by atoms with Gasteiger partial charge in [0.1, 0.15) is 12.1 Å². The van der Waals surface area contributed by atoms with E-state index in [1.165, 1.54) is 6.33 Å². The van der Waals surface area contributed by atoms with Crippen LogP contribution in [0, 0.1) is 10.1 Å². The van der Waals surface area contributed by atoms with Gasteiger partial charge in [0.15, 0.2) is 0 Å². The average Bonchev–Trinajstić information content (AvgIpc) is 2.62. The molecule has 0 saturated heterocycles. The number of nitrogens with zero attached hydrogens (tertiary/aromatic N) is 3. The molecule has 0 aliphatic rings. The summed E-state index contributed by atoms with van der Waals surface area (Å²) in [4.78, 5) is 19.0. The largest absolute Gasteiger partial charge is 0.434 e. The number of aromatic nitrogens is 2. The Bertz CT molecular complexity index is 961. The molecule has 3 aromatic rings. The molecular formula is C19H17BrN4O3. The summed E-state index contributed by atoms with van der Waals surface area (Å²) in [5.41, 5.74) is 1.47. The molecule has 0 radical (unpaired) electrons. The second kappa shape index (κ2) is 8.13. The Kier molecular flexibility index (Phi) is 5.66. The zero-order chi connectivity index (χ0) is 19.4. The highest BCUT2D eigenvalue weighted by molar-refractivity contribution is 9.10. The van der Waals surface area contributed by atoms with Gasteiger partial charge >= 0.3 is 11.6 Å². The molecule has 0 aliphatic heterocycles. The first kappa shape index (κ1) is 18.8. The summed E-state index contributed by atoms with van der Waals surface area (Å²) in [6, 6.07) is 14.6. The van der Waals surface area contributed by atoms with Crippen molar-refractivity contribution in [2.45, 2.75) is 19.8 Å². The van der Waals surface area contributed by atoms with Crippen molar-refractivity contribution in [1.29, 1.82) is 0 Å². The molecule has 0 bridgehead atoms. The number of hydrogen-bond acceptors (Lipinski definition) is 6. The van der Waals surface area contributed by atoms with Crippen LogP contribution in [-0.4, -0.2) is 14.9 Å². The van der Waals surface area contributed by atoms with Crippen LogP contribution in [0.15, 0.2) is 59.3 Å². The third-order valence-corrected chi connectivity index (χ3v) is 4.31. The fraction of sp³-hybridized carbons (Fsp3) is 0.158. The minimum absolute atomic E-state index is 0.0573. The molecule has 1 N–H and O–H groups in total. The van der Waals surface area contributed by atoms with Crippen LogP contribution in [0.1, 0.15) is 25.3 Å². The van der Waals surface area contributed by atoms with E-state index in [1.54, 1.807) is 24.3 Å². The molecule has 2 aromatic carbocycles. The topological polar surface area (TPSA) is 90.2 Å². The molecule has 0 amide bonds. The molecular weight excluding hydrogens is 412 g/mol. The third-order valence-electron chi connectivity index (χ3n) is 3.82. The van der Waals surface area contributed by atoms with Crippen LogP contribution >= 0.6 is 15.9 Å². The zero-order valence-corrected chi connectivity index (χ0v) is 16.3. The number of nitrogens with one attached hydrogen (secondary N) is 1. The Balaban J connectivity index is 1.92. The number of rotatable bonds is 6. The number of halogens is 1. The predicted molar refractivity (Wildman–Crippen MR) is 107 cm³/mol. The van der Waals surface area contributed by atoms with Gasteiger partial charge in [0.05, 0.1) is 4.92 Å². The van der Waals surface area contributed by atoms with Crippen molar-refractivity contribution < 1.29 is 9.66 Å². The van der Waals surface area contributed by atoms with Crippen LogP contribution in [0.25, 0.3) is 0 Å². The van der Waals surface area contributed by atoms with Crippen molar-refractivity contribution in [1.82, 2.24) is 9.97 Å². The summed E-state index contributed by atoms with van der Waals surface area (Å²) in [6.45, 7) is 4.18. The highest BCUT2D eigenvalue weighted by Gasteiger charge is 2.25. The van der Waals surface area contributed by atoms with Crippen molar-refractivity contribution in [2.24, 2.45) is 0 Å². The lowest BCUT2D eigenvalue weighted by Gasteiger charge is -2.10. The molecule has 138 valence electrons. The van der Waals surface area contributed by atoms with Gasteiger partial charge < -0.3 is 10.1 Å².